The lowest BCUT2D eigenvalue weighted by Crippen LogP contribution is -2.11. The maximum Gasteiger partial charge on any atom is 0.347 e. The van der Waals surface area contributed by atoms with Crippen molar-refractivity contribution in [3.05, 3.63) is 99.1 Å². The van der Waals surface area contributed by atoms with E-state index in [4.69, 9.17) is 21.1 Å². The van der Waals surface area contributed by atoms with Gasteiger partial charge in [0.1, 0.15) is 23.7 Å². The van der Waals surface area contributed by atoms with Crippen molar-refractivity contribution in [2.75, 3.05) is 0 Å². The Labute approximate surface area is 160 Å². The molecule has 0 aliphatic rings. The molecule has 0 N–H and O–H groups in total. The highest BCUT2D eigenvalue weighted by Crippen LogP contribution is 2.24. The average molecular weight is 384 g/mol. The van der Waals surface area contributed by atoms with E-state index < -0.39 is 10.9 Å². The molecule has 0 bridgehead atoms. The van der Waals surface area contributed by atoms with E-state index in [-0.39, 0.29) is 23.6 Å². The van der Waals surface area contributed by atoms with Crippen LogP contribution in [-0.4, -0.2) is 10.9 Å². The van der Waals surface area contributed by atoms with Gasteiger partial charge in [0.2, 0.25) is 0 Å². The van der Waals surface area contributed by atoms with E-state index in [0.717, 1.165) is 5.56 Å². The number of nitro benzene ring substituents is 1. The van der Waals surface area contributed by atoms with E-state index in [1.54, 1.807) is 36.4 Å². The van der Waals surface area contributed by atoms with Gasteiger partial charge in [-0.15, -0.1) is 0 Å². The standard InChI is InChI=1S/C20H14ClNO5/c21-15-10-8-14(9-11-15)13-26-19-7-2-1-6-18(19)20(23)27-17-5-3-4-16(12-17)22(24)25/h1-12H,13H2. The molecule has 0 radical (unpaired) electrons. The highest BCUT2D eigenvalue weighted by molar-refractivity contribution is 6.30. The van der Waals surface area contributed by atoms with Gasteiger partial charge >= 0.3 is 5.97 Å². The molecule has 6 nitrogen and oxygen atoms in total. The summed E-state index contributed by atoms with van der Waals surface area (Å²) in [5.74, 6) is -0.230. The van der Waals surface area contributed by atoms with Crippen molar-refractivity contribution in [3.8, 4) is 11.5 Å². The van der Waals surface area contributed by atoms with Crippen LogP contribution in [0.4, 0.5) is 5.69 Å². The highest BCUT2D eigenvalue weighted by Gasteiger charge is 2.16. The van der Waals surface area contributed by atoms with Crippen LogP contribution in [0.1, 0.15) is 15.9 Å². The van der Waals surface area contributed by atoms with Gasteiger partial charge in [-0.05, 0) is 35.9 Å². The number of esters is 1. The van der Waals surface area contributed by atoms with Crippen LogP contribution < -0.4 is 9.47 Å². The minimum atomic E-state index is -0.665. The number of halogens is 1. The molecule has 0 unspecified atom stereocenters. The molecule has 7 heteroatoms. The van der Waals surface area contributed by atoms with Gasteiger partial charge in [-0.3, -0.25) is 10.1 Å². The van der Waals surface area contributed by atoms with Crippen LogP contribution >= 0.6 is 11.6 Å². The Morgan fingerprint density at radius 3 is 2.48 bits per heavy atom. The van der Waals surface area contributed by atoms with Gasteiger partial charge in [-0.1, -0.05) is 41.9 Å². The normalized spacial score (nSPS) is 10.3. The van der Waals surface area contributed by atoms with Gasteiger partial charge in [-0.2, -0.15) is 0 Å². The number of benzene rings is 3. The second kappa shape index (κ2) is 8.33. The van der Waals surface area contributed by atoms with Crippen LogP contribution in [0.5, 0.6) is 11.5 Å². The molecule has 0 aromatic heterocycles. The van der Waals surface area contributed by atoms with E-state index >= 15 is 0 Å². The molecular weight excluding hydrogens is 370 g/mol. The Morgan fingerprint density at radius 2 is 1.74 bits per heavy atom. The third-order valence-electron chi connectivity index (χ3n) is 3.65. The first-order chi connectivity index (χ1) is 13.0. The summed E-state index contributed by atoms with van der Waals surface area (Å²) >= 11 is 5.86. The first-order valence-corrected chi connectivity index (χ1v) is 8.33. The predicted octanol–water partition coefficient (Wildman–Crippen LogP) is 5.05. The summed E-state index contributed by atoms with van der Waals surface area (Å²) in [6, 6.07) is 19.2. The maximum absolute atomic E-state index is 12.5. The van der Waals surface area contributed by atoms with E-state index in [9.17, 15) is 14.9 Å². The Bertz CT molecular complexity index is 972. The van der Waals surface area contributed by atoms with Crippen molar-refractivity contribution in [1.29, 1.82) is 0 Å². The number of carbonyl (C=O) groups excluding carboxylic acids is 1. The molecule has 0 saturated heterocycles. The largest absolute Gasteiger partial charge is 0.488 e. The molecule has 0 aliphatic carbocycles. The summed E-state index contributed by atoms with van der Waals surface area (Å²) in [7, 11) is 0. The van der Waals surface area contributed by atoms with Crippen molar-refractivity contribution in [3.63, 3.8) is 0 Å². The number of para-hydroxylation sites is 1. The molecule has 0 amide bonds. The fourth-order valence-corrected chi connectivity index (χ4v) is 2.45. The van der Waals surface area contributed by atoms with E-state index in [1.165, 1.54) is 24.3 Å². The van der Waals surface area contributed by atoms with Crippen LogP contribution in [0.2, 0.25) is 5.02 Å². The number of rotatable bonds is 6. The van der Waals surface area contributed by atoms with Crippen LogP contribution in [-0.2, 0) is 6.61 Å². The minimum Gasteiger partial charge on any atom is -0.488 e. The third kappa shape index (κ3) is 4.83. The van der Waals surface area contributed by atoms with Crippen molar-refractivity contribution < 1.29 is 19.2 Å². The summed E-state index contributed by atoms with van der Waals surface area (Å²) < 4.78 is 11.0. The number of hydrogen-bond acceptors (Lipinski definition) is 5. The second-order valence-corrected chi connectivity index (χ2v) is 5.99. The molecule has 0 spiro atoms. The Balaban J connectivity index is 1.74. The number of nitro groups is 1. The number of ether oxygens (including phenoxy) is 2. The lowest BCUT2D eigenvalue weighted by Gasteiger charge is -2.11. The van der Waals surface area contributed by atoms with Gasteiger partial charge in [0.15, 0.2) is 0 Å². The van der Waals surface area contributed by atoms with Gasteiger partial charge in [0.05, 0.1) is 11.0 Å². The topological polar surface area (TPSA) is 78.7 Å². The summed E-state index contributed by atoms with van der Waals surface area (Å²) in [6.45, 7) is 0.248. The lowest BCUT2D eigenvalue weighted by molar-refractivity contribution is -0.384. The molecular formula is C20H14ClNO5. The van der Waals surface area contributed by atoms with Gasteiger partial charge in [0, 0.05) is 11.1 Å². The molecule has 3 rings (SSSR count). The number of carbonyl (C=O) groups is 1. The first-order valence-electron chi connectivity index (χ1n) is 7.96. The third-order valence-corrected chi connectivity index (χ3v) is 3.91. The van der Waals surface area contributed by atoms with Crippen LogP contribution in [0.15, 0.2) is 72.8 Å². The Morgan fingerprint density at radius 1 is 1.00 bits per heavy atom. The zero-order valence-electron chi connectivity index (χ0n) is 14.0. The van der Waals surface area contributed by atoms with Crippen molar-refractivity contribution in [2.45, 2.75) is 6.61 Å². The average Bonchev–Trinajstić information content (AvgIpc) is 2.68. The zero-order valence-corrected chi connectivity index (χ0v) is 14.8. The fourth-order valence-electron chi connectivity index (χ4n) is 2.33. The molecule has 136 valence electrons. The maximum atomic E-state index is 12.5. The fraction of sp³-hybridized carbons (Fsp3) is 0.0500. The van der Waals surface area contributed by atoms with E-state index in [1.807, 2.05) is 12.1 Å². The molecule has 27 heavy (non-hydrogen) atoms. The smallest absolute Gasteiger partial charge is 0.347 e. The molecule has 3 aromatic rings. The molecule has 0 heterocycles. The summed E-state index contributed by atoms with van der Waals surface area (Å²) in [6.07, 6.45) is 0. The Kier molecular flexibility index (Phi) is 5.68. The van der Waals surface area contributed by atoms with E-state index in [2.05, 4.69) is 0 Å². The Hall–Kier alpha value is -3.38. The van der Waals surface area contributed by atoms with Gasteiger partial charge in [0.25, 0.3) is 5.69 Å². The SMILES string of the molecule is O=C(Oc1cccc([N+](=O)[O-])c1)c1ccccc1OCc1ccc(Cl)cc1. The van der Waals surface area contributed by atoms with Gasteiger partial charge < -0.3 is 9.47 Å². The predicted molar refractivity (Wildman–Crippen MR) is 100 cm³/mol. The van der Waals surface area contributed by atoms with Crippen molar-refractivity contribution in [1.82, 2.24) is 0 Å². The van der Waals surface area contributed by atoms with Gasteiger partial charge in [-0.25, -0.2) is 4.79 Å². The number of non-ortho nitro benzene ring substituents is 1. The quantitative estimate of drug-likeness (QED) is 0.257. The monoisotopic (exact) mass is 383 g/mol. The zero-order chi connectivity index (χ0) is 19.2. The summed E-state index contributed by atoms with van der Waals surface area (Å²) in [5.41, 5.74) is 0.951. The molecule has 0 saturated carbocycles. The first kappa shape index (κ1) is 18.4. The van der Waals surface area contributed by atoms with Crippen LogP contribution in [0, 0.1) is 10.1 Å². The van der Waals surface area contributed by atoms with Crippen molar-refractivity contribution >= 4 is 23.3 Å². The number of hydrogen-bond donors (Lipinski definition) is 0. The molecule has 0 fully saturated rings. The minimum absolute atomic E-state index is 0.0849. The highest BCUT2D eigenvalue weighted by atomic mass is 35.5. The van der Waals surface area contributed by atoms with Crippen molar-refractivity contribution in [2.24, 2.45) is 0 Å². The summed E-state index contributed by atoms with van der Waals surface area (Å²) in [5, 5.41) is 11.5. The second-order valence-electron chi connectivity index (χ2n) is 5.56. The van der Waals surface area contributed by atoms with Crippen LogP contribution in [0.3, 0.4) is 0 Å². The van der Waals surface area contributed by atoms with E-state index in [0.29, 0.717) is 10.8 Å². The lowest BCUT2D eigenvalue weighted by atomic mass is 10.2. The molecule has 0 atom stereocenters. The van der Waals surface area contributed by atoms with Crippen LogP contribution in [0.25, 0.3) is 0 Å². The molecule has 0 aliphatic heterocycles. The molecule has 3 aromatic carbocycles. The number of nitrogens with zero attached hydrogens (tertiary/aromatic N) is 1. The summed E-state index contributed by atoms with van der Waals surface area (Å²) in [4.78, 5) is 22.8.